The first-order valence-corrected chi connectivity index (χ1v) is 11.6. The average Bonchev–Trinajstić information content (AvgIpc) is 3.41. The van der Waals surface area contributed by atoms with Crippen molar-refractivity contribution in [1.29, 1.82) is 0 Å². The summed E-state index contributed by atoms with van der Waals surface area (Å²) in [7, 11) is 0. The molecule has 1 N–H and O–H groups in total. The Morgan fingerprint density at radius 1 is 1.16 bits per heavy atom. The van der Waals surface area contributed by atoms with Gasteiger partial charge in [0.15, 0.2) is 0 Å². The van der Waals surface area contributed by atoms with E-state index in [1.807, 2.05) is 29.1 Å². The highest BCUT2D eigenvalue weighted by atomic mass is 32.1. The van der Waals surface area contributed by atoms with Gasteiger partial charge in [-0.25, -0.2) is 9.97 Å². The zero-order valence-electron chi connectivity index (χ0n) is 17.4. The Hall–Kier alpha value is -2.77. The lowest BCUT2D eigenvalue weighted by molar-refractivity contribution is -0.117. The first-order chi connectivity index (χ1) is 15.2. The molecule has 0 unspecified atom stereocenters. The molecule has 1 aliphatic carbocycles. The number of nitrogens with zero attached hydrogens (tertiary/aromatic N) is 2. The molecule has 7 heteroatoms. The van der Waals surface area contributed by atoms with E-state index in [2.05, 4.69) is 34.3 Å². The van der Waals surface area contributed by atoms with Crippen molar-refractivity contribution in [2.75, 3.05) is 18.5 Å². The third kappa shape index (κ3) is 4.62. The van der Waals surface area contributed by atoms with E-state index < -0.39 is 0 Å². The van der Waals surface area contributed by atoms with Crippen LogP contribution in [0.2, 0.25) is 0 Å². The highest BCUT2D eigenvalue weighted by molar-refractivity contribution is 7.07. The minimum atomic E-state index is -0.0172. The van der Waals surface area contributed by atoms with Gasteiger partial charge in [0.05, 0.1) is 24.4 Å². The van der Waals surface area contributed by atoms with Crippen LogP contribution in [0, 0.1) is 12.8 Å². The molecule has 0 spiro atoms. The van der Waals surface area contributed by atoms with E-state index in [9.17, 15) is 4.79 Å². The molecule has 0 radical (unpaired) electrons. The van der Waals surface area contributed by atoms with Crippen molar-refractivity contribution in [2.45, 2.75) is 38.2 Å². The molecule has 1 amide bonds. The molecule has 1 saturated heterocycles. The minimum Gasteiger partial charge on any atom is -0.490 e. The van der Waals surface area contributed by atoms with Crippen molar-refractivity contribution in [3.63, 3.8) is 0 Å². The number of rotatable bonds is 6. The van der Waals surface area contributed by atoms with E-state index in [-0.39, 0.29) is 23.8 Å². The van der Waals surface area contributed by atoms with Crippen LogP contribution < -0.4 is 10.1 Å². The number of anilines is 1. The summed E-state index contributed by atoms with van der Waals surface area (Å²) in [6, 6.07) is 10.1. The molecule has 1 saturated carbocycles. The van der Waals surface area contributed by atoms with E-state index in [0.29, 0.717) is 5.82 Å². The predicted molar refractivity (Wildman–Crippen MR) is 120 cm³/mol. The van der Waals surface area contributed by atoms with Gasteiger partial charge >= 0.3 is 0 Å². The highest BCUT2D eigenvalue weighted by Gasteiger charge is 2.45. The van der Waals surface area contributed by atoms with Gasteiger partial charge in [0.2, 0.25) is 5.91 Å². The number of aryl methyl sites for hydroxylation is 1. The Labute approximate surface area is 185 Å². The van der Waals surface area contributed by atoms with Crippen molar-refractivity contribution in [1.82, 2.24) is 9.97 Å². The van der Waals surface area contributed by atoms with E-state index in [0.717, 1.165) is 60.6 Å². The van der Waals surface area contributed by atoms with Crippen LogP contribution in [0.15, 0.2) is 47.4 Å². The Balaban J connectivity index is 1.25. The summed E-state index contributed by atoms with van der Waals surface area (Å²) >= 11 is 1.57. The first kappa shape index (κ1) is 20.2. The van der Waals surface area contributed by atoms with Crippen LogP contribution in [0.4, 0.5) is 5.82 Å². The van der Waals surface area contributed by atoms with Crippen molar-refractivity contribution in [2.24, 2.45) is 5.92 Å². The third-order valence-electron chi connectivity index (χ3n) is 5.94. The van der Waals surface area contributed by atoms with E-state index in [1.165, 1.54) is 0 Å². The van der Waals surface area contributed by atoms with Crippen LogP contribution in [-0.2, 0) is 9.53 Å². The van der Waals surface area contributed by atoms with Gasteiger partial charge < -0.3 is 14.8 Å². The summed E-state index contributed by atoms with van der Waals surface area (Å²) in [6.45, 7) is 3.59. The van der Waals surface area contributed by atoms with Gasteiger partial charge in [-0.3, -0.25) is 4.79 Å². The summed E-state index contributed by atoms with van der Waals surface area (Å²) < 4.78 is 11.6. The van der Waals surface area contributed by atoms with Gasteiger partial charge in [0, 0.05) is 36.3 Å². The molecule has 2 aliphatic rings. The predicted octanol–water partition coefficient (Wildman–Crippen LogP) is 4.81. The lowest BCUT2D eigenvalue weighted by Gasteiger charge is -2.24. The number of hydrogen-bond donors (Lipinski definition) is 1. The highest BCUT2D eigenvalue weighted by Crippen LogP contribution is 2.47. The van der Waals surface area contributed by atoms with E-state index in [4.69, 9.17) is 9.47 Å². The normalized spacial score (nSPS) is 20.9. The second kappa shape index (κ2) is 8.77. The third-order valence-corrected chi connectivity index (χ3v) is 6.54. The maximum absolute atomic E-state index is 12.6. The second-order valence-electron chi connectivity index (χ2n) is 8.19. The van der Waals surface area contributed by atoms with Gasteiger partial charge in [-0.05, 0) is 54.3 Å². The molecule has 2 fully saturated rings. The van der Waals surface area contributed by atoms with Crippen LogP contribution in [0.5, 0.6) is 5.75 Å². The van der Waals surface area contributed by atoms with Crippen LogP contribution in [-0.4, -0.2) is 35.2 Å². The van der Waals surface area contributed by atoms with Crippen LogP contribution in [0.3, 0.4) is 0 Å². The number of nitrogens with one attached hydrogen (secondary N) is 1. The number of hydrogen-bond acceptors (Lipinski definition) is 6. The van der Waals surface area contributed by atoms with Gasteiger partial charge in [-0.15, -0.1) is 11.3 Å². The average molecular weight is 436 g/mol. The SMILES string of the molecule is Cc1cc(-c2ccnc(NC(=O)[C@H]3C[C@@H]3c3cscn3)c2)ccc1OC1CCOCC1. The lowest BCUT2D eigenvalue weighted by atomic mass is 10.0. The Kier molecular flexibility index (Phi) is 5.70. The molecule has 1 aromatic carbocycles. The standard InChI is InChI=1S/C24H25N3O3S/c1-15-10-16(2-3-22(15)30-18-5-8-29-9-6-18)17-4-7-25-23(11-17)27-24(28)20-12-19(20)21-13-31-14-26-21/h2-4,7,10-11,13-14,18-20H,5-6,8-9,12H2,1H3,(H,25,27,28)/t19-,20-/m0/s1. The zero-order valence-corrected chi connectivity index (χ0v) is 18.2. The number of benzene rings is 1. The number of aromatic nitrogens is 2. The van der Waals surface area contributed by atoms with Gasteiger partial charge in [0.1, 0.15) is 17.7 Å². The second-order valence-corrected chi connectivity index (χ2v) is 8.91. The molecular formula is C24H25N3O3S. The Morgan fingerprint density at radius 2 is 2.00 bits per heavy atom. The number of carbonyl (C=O) groups excluding carboxylic acids is 1. The molecule has 1 aliphatic heterocycles. The maximum Gasteiger partial charge on any atom is 0.229 e. The summed E-state index contributed by atoms with van der Waals surface area (Å²) in [4.78, 5) is 21.3. The fourth-order valence-corrected chi connectivity index (χ4v) is 4.67. The van der Waals surface area contributed by atoms with Crippen molar-refractivity contribution >= 4 is 23.1 Å². The van der Waals surface area contributed by atoms with E-state index >= 15 is 0 Å². The number of carbonyl (C=O) groups is 1. The molecular weight excluding hydrogens is 410 g/mol. The Morgan fingerprint density at radius 3 is 2.77 bits per heavy atom. The number of pyridine rings is 1. The molecule has 160 valence electrons. The number of ether oxygens (including phenoxy) is 2. The van der Waals surface area contributed by atoms with Gasteiger partial charge in [-0.1, -0.05) is 6.07 Å². The molecule has 2 atom stereocenters. The molecule has 3 aromatic rings. The van der Waals surface area contributed by atoms with Crippen molar-refractivity contribution in [3.05, 3.63) is 58.7 Å². The fraction of sp³-hybridized carbons (Fsp3) is 0.375. The number of amides is 1. The molecule has 2 aromatic heterocycles. The first-order valence-electron chi connectivity index (χ1n) is 10.7. The van der Waals surface area contributed by atoms with E-state index in [1.54, 1.807) is 17.5 Å². The van der Waals surface area contributed by atoms with Gasteiger partial charge in [-0.2, -0.15) is 0 Å². The molecule has 5 rings (SSSR count). The smallest absolute Gasteiger partial charge is 0.229 e. The number of thiazole rings is 1. The lowest BCUT2D eigenvalue weighted by Crippen LogP contribution is -2.26. The van der Waals surface area contributed by atoms with Crippen LogP contribution >= 0.6 is 11.3 Å². The summed E-state index contributed by atoms with van der Waals surface area (Å²) in [6.07, 6.45) is 4.66. The monoisotopic (exact) mass is 435 g/mol. The molecule has 3 heterocycles. The molecule has 0 bridgehead atoms. The van der Waals surface area contributed by atoms with Crippen molar-refractivity contribution < 1.29 is 14.3 Å². The maximum atomic E-state index is 12.6. The largest absolute Gasteiger partial charge is 0.490 e. The zero-order chi connectivity index (χ0) is 21.2. The quantitative estimate of drug-likeness (QED) is 0.601. The molecule has 31 heavy (non-hydrogen) atoms. The van der Waals surface area contributed by atoms with Gasteiger partial charge in [0.25, 0.3) is 0 Å². The topological polar surface area (TPSA) is 73.3 Å². The Bertz CT molecular complexity index is 1060. The van der Waals surface area contributed by atoms with Crippen molar-refractivity contribution in [3.8, 4) is 16.9 Å². The van der Waals surface area contributed by atoms with Crippen LogP contribution in [0.25, 0.3) is 11.1 Å². The van der Waals surface area contributed by atoms with Crippen LogP contribution in [0.1, 0.15) is 36.4 Å². The minimum absolute atomic E-state index is 0.0130. The summed E-state index contributed by atoms with van der Waals surface area (Å²) in [5.41, 5.74) is 6.01. The summed E-state index contributed by atoms with van der Waals surface area (Å²) in [5.74, 6) is 1.72. The fourth-order valence-electron chi connectivity index (χ4n) is 4.05. The summed E-state index contributed by atoms with van der Waals surface area (Å²) in [5, 5.41) is 5.00. The molecule has 6 nitrogen and oxygen atoms in total.